The van der Waals surface area contributed by atoms with Gasteiger partial charge in [0.25, 0.3) is 5.56 Å². The Bertz CT molecular complexity index is 1340. The Morgan fingerprint density at radius 1 is 1.20 bits per heavy atom. The number of rotatable bonds is 2. The molecular formula is C23H19BrN4OS. The number of thiazole rings is 1. The number of anilines is 1. The summed E-state index contributed by atoms with van der Waals surface area (Å²) < 4.78 is 3.73. The van der Waals surface area contributed by atoms with Crippen molar-refractivity contribution in [2.75, 3.05) is 18.0 Å². The SMILES string of the molecule is Cn1c(=O)c(C#N)c(N2CCC(c3nc4ccccc4s3)CC2)c2cc(Br)ccc21. The van der Waals surface area contributed by atoms with E-state index in [0.717, 1.165) is 52.5 Å². The van der Waals surface area contributed by atoms with E-state index in [0.29, 0.717) is 5.92 Å². The first-order valence-corrected chi connectivity index (χ1v) is 11.5. The molecule has 7 heteroatoms. The van der Waals surface area contributed by atoms with E-state index in [1.165, 1.54) is 9.71 Å². The summed E-state index contributed by atoms with van der Waals surface area (Å²) in [5.41, 5.74) is 2.65. The summed E-state index contributed by atoms with van der Waals surface area (Å²) in [5, 5.41) is 11.9. The lowest BCUT2D eigenvalue weighted by atomic mass is 9.96. The van der Waals surface area contributed by atoms with Crippen molar-refractivity contribution in [1.82, 2.24) is 9.55 Å². The van der Waals surface area contributed by atoms with Gasteiger partial charge in [-0.3, -0.25) is 4.79 Å². The molecule has 0 spiro atoms. The maximum atomic E-state index is 12.8. The van der Waals surface area contributed by atoms with Gasteiger partial charge in [0.1, 0.15) is 11.6 Å². The Hall–Kier alpha value is -2.69. The highest BCUT2D eigenvalue weighted by Gasteiger charge is 2.27. The zero-order chi connectivity index (χ0) is 20.8. The fraction of sp³-hybridized carbons (Fsp3) is 0.261. The average Bonchev–Trinajstić information content (AvgIpc) is 3.20. The lowest BCUT2D eigenvalue weighted by molar-refractivity contribution is 0.504. The molecule has 0 bridgehead atoms. The van der Waals surface area contributed by atoms with Crippen LogP contribution in [0.1, 0.15) is 29.3 Å². The molecule has 2 aromatic heterocycles. The molecule has 0 radical (unpaired) electrons. The van der Waals surface area contributed by atoms with Crippen LogP contribution in [0.15, 0.2) is 51.7 Å². The molecule has 0 unspecified atom stereocenters. The average molecular weight is 479 g/mol. The first-order valence-electron chi connectivity index (χ1n) is 9.89. The van der Waals surface area contributed by atoms with Crippen molar-refractivity contribution in [3.8, 4) is 6.07 Å². The largest absolute Gasteiger partial charge is 0.370 e. The highest BCUT2D eigenvalue weighted by Crippen LogP contribution is 2.37. The standard InChI is InChI=1S/C23H19BrN4OS/c1-27-19-7-6-15(24)12-16(19)21(17(13-25)23(27)29)28-10-8-14(9-11-28)22-26-18-4-2-3-5-20(18)30-22/h2-7,12,14H,8-11H2,1H3. The number of aryl methyl sites for hydroxylation is 1. The van der Waals surface area contributed by atoms with Crippen LogP contribution in [0.5, 0.6) is 0 Å². The minimum atomic E-state index is -0.240. The van der Waals surface area contributed by atoms with Gasteiger partial charge in [-0.25, -0.2) is 4.98 Å². The Kier molecular flexibility index (Phi) is 4.84. The number of nitriles is 1. The monoisotopic (exact) mass is 478 g/mol. The van der Waals surface area contributed by atoms with E-state index in [-0.39, 0.29) is 11.1 Å². The van der Waals surface area contributed by atoms with Gasteiger partial charge in [0.2, 0.25) is 0 Å². The van der Waals surface area contributed by atoms with Crippen molar-refractivity contribution in [3.63, 3.8) is 0 Å². The zero-order valence-corrected chi connectivity index (χ0v) is 18.8. The quantitative estimate of drug-likeness (QED) is 0.398. The van der Waals surface area contributed by atoms with Crippen molar-refractivity contribution in [1.29, 1.82) is 5.26 Å². The molecule has 1 saturated heterocycles. The molecule has 0 saturated carbocycles. The number of pyridine rings is 1. The van der Waals surface area contributed by atoms with Gasteiger partial charge < -0.3 is 9.47 Å². The first kappa shape index (κ1) is 19.3. The van der Waals surface area contributed by atoms with Crippen LogP contribution in [-0.2, 0) is 7.05 Å². The van der Waals surface area contributed by atoms with Crippen molar-refractivity contribution >= 4 is 54.1 Å². The molecule has 30 heavy (non-hydrogen) atoms. The summed E-state index contributed by atoms with van der Waals surface area (Å²) in [5.74, 6) is 0.411. The summed E-state index contributed by atoms with van der Waals surface area (Å²) in [4.78, 5) is 19.9. The number of halogens is 1. The lowest BCUT2D eigenvalue weighted by Crippen LogP contribution is -2.35. The molecule has 0 aliphatic carbocycles. The zero-order valence-electron chi connectivity index (χ0n) is 16.4. The minimum Gasteiger partial charge on any atom is -0.370 e. The van der Waals surface area contributed by atoms with Crippen LogP contribution in [-0.4, -0.2) is 22.6 Å². The molecule has 0 amide bonds. The fourth-order valence-electron chi connectivity index (χ4n) is 4.35. The van der Waals surface area contributed by atoms with Gasteiger partial charge in [0, 0.05) is 35.9 Å². The number of hydrogen-bond donors (Lipinski definition) is 0. The van der Waals surface area contributed by atoms with Crippen LogP contribution in [0.2, 0.25) is 0 Å². The van der Waals surface area contributed by atoms with Crippen LogP contribution in [0.25, 0.3) is 21.1 Å². The molecular weight excluding hydrogens is 460 g/mol. The highest BCUT2D eigenvalue weighted by atomic mass is 79.9. The van der Waals surface area contributed by atoms with E-state index in [1.54, 1.807) is 23.0 Å². The van der Waals surface area contributed by atoms with Gasteiger partial charge in [-0.05, 0) is 43.2 Å². The molecule has 3 heterocycles. The topological polar surface area (TPSA) is 61.9 Å². The van der Waals surface area contributed by atoms with Gasteiger partial charge in [0.15, 0.2) is 0 Å². The third-order valence-electron chi connectivity index (χ3n) is 5.91. The number of nitrogens with zero attached hydrogens (tertiary/aromatic N) is 4. The molecule has 2 aromatic carbocycles. The van der Waals surface area contributed by atoms with Crippen molar-refractivity contribution in [3.05, 3.63) is 67.9 Å². The van der Waals surface area contributed by atoms with E-state index < -0.39 is 0 Å². The lowest BCUT2D eigenvalue weighted by Gasteiger charge is -2.34. The summed E-state index contributed by atoms with van der Waals surface area (Å²) in [6.45, 7) is 1.59. The highest BCUT2D eigenvalue weighted by molar-refractivity contribution is 9.10. The van der Waals surface area contributed by atoms with Crippen LogP contribution >= 0.6 is 27.3 Å². The van der Waals surface area contributed by atoms with E-state index in [1.807, 2.05) is 24.3 Å². The van der Waals surface area contributed by atoms with E-state index in [4.69, 9.17) is 4.98 Å². The second kappa shape index (κ2) is 7.53. The van der Waals surface area contributed by atoms with Gasteiger partial charge in [0.05, 0.1) is 26.4 Å². The number of aromatic nitrogens is 2. The van der Waals surface area contributed by atoms with Crippen molar-refractivity contribution in [2.45, 2.75) is 18.8 Å². The second-order valence-corrected chi connectivity index (χ2v) is 9.62. The minimum absolute atomic E-state index is 0.224. The molecule has 0 atom stereocenters. The molecule has 1 fully saturated rings. The molecule has 150 valence electrons. The predicted molar refractivity (Wildman–Crippen MR) is 125 cm³/mol. The first-order chi connectivity index (χ1) is 14.6. The number of hydrogen-bond acceptors (Lipinski definition) is 5. The maximum Gasteiger partial charge on any atom is 0.270 e. The van der Waals surface area contributed by atoms with Crippen LogP contribution in [0.4, 0.5) is 5.69 Å². The summed E-state index contributed by atoms with van der Waals surface area (Å²) in [7, 11) is 1.72. The van der Waals surface area contributed by atoms with Gasteiger partial charge in [-0.1, -0.05) is 28.1 Å². The van der Waals surface area contributed by atoms with E-state index >= 15 is 0 Å². The van der Waals surface area contributed by atoms with Gasteiger partial charge >= 0.3 is 0 Å². The Morgan fingerprint density at radius 2 is 1.97 bits per heavy atom. The molecule has 5 nitrogen and oxygen atoms in total. The van der Waals surface area contributed by atoms with Gasteiger partial charge in [-0.2, -0.15) is 5.26 Å². The van der Waals surface area contributed by atoms with E-state index in [2.05, 4.69) is 45.1 Å². The third-order valence-corrected chi connectivity index (χ3v) is 7.61. The van der Waals surface area contributed by atoms with Gasteiger partial charge in [-0.15, -0.1) is 11.3 Å². The molecule has 1 aliphatic heterocycles. The number of piperidine rings is 1. The van der Waals surface area contributed by atoms with Crippen LogP contribution in [0, 0.1) is 11.3 Å². The normalized spacial score (nSPS) is 15.0. The Labute approximate surface area is 186 Å². The van der Waals surface area contributed by atoms with Crippen molar-refractivity contribution in [2.24, 2.45) is 7.05 Å². The number of para-hydroxylation sites is 1. The Morgan fingerprint density at radius 3 is 2.70 bits per heavy atom. The number of fused-ring (bicyclic) bond motifs is 2. The van der Waals surface area contributed by atoms with Crippen LogP contribution in [0.3, 0.4) is 0 Å². The van der Waals surface area contributed by atoms with Crippen molar-refractivity contribution < 1.29 is 0 Å². The Balaban J connectivity index is 1.51. The van der Waals surface area contributed by atoms with Crippen LogP contribution < -0.4 is 10.5 Å². The van der Waals surface area contributed by atoms with E-state index in [9.17, 15) is 10.1 Å². The third kappa shape index (κ3) is 3.11. The molecule has 0 N–H and O–H groups in total. The molecule has 4 aromatic rings. The summed E-state index contributed by atoms with van der Waals surface area (Å²) >= 11 is 5.32. The summed E-state index contributed by atoms with van der Waals surface area (Å²) in [6, 6.07) is 16.3. The number of benzene rings is 2. The molecule has 1 aliphatic rings. The smallest absolute Gasteiger partial charge is 0.270 e. The molecule has 5 rings (SSSR count). The maximum absolute atomic E-state index is 12.8. The fourth-order valence-corrected chi connectivity index (χ4v) is 5.85. The predicted octanol–water partition coefficient (Wildman–Crippen LogP) is 5.17. The summed E-state index contributed by atoms with van der Waals surface area (Å²) in [6.07, 6.45) is 1.91. The second-order valence-electron chi connectivity index (χ2n) is 7.64.